The molecule has 1 saturated heterocycles. The number of carboxylic acid groups (broad SMARTS) is 1. The Morgan fingerprint density at radius 3 is 2.42 bits per heavy atom. The number of benzene rings is 3. The monoisotopic (exact) mass is 682 g/mol. The number of carbonyl (C=O) groups is 2. The number of aromatic hydroxyl groups is 1. The molecular formula is C24H16I2N2O4S. The highest BCUT2D eigenvalue weighted by Crippen LogP contribution is 2.37. The number of para-hydroxylation sites is 1. The summed E-state index contributed by atoms with van der Waals surface area (Å²) in [6, 6.07) is 19.4. The van der Waals surface area contributed by atoms with Gasteiger partial charge in [0.05, 0.1) is 26.3 Å². The van der Waals surface area contributed by atoms with Gasteiger partial charge in [-0.05, 0) is 105 Å². The highest BCUT2D eigenvalue weighted by molar-refractivity contribution is 14.1. The summed E-state index contributed by atoms with van der Waals surface area (Å²) >= 11 is 5.47. The van der Waals surface area contributed by atoms with Crippen LogP contribution in [0.2, 0.25) is 0 Å². The lowest BCUT2D eigenvalue weighted by molar-refractivity contribution is -0.122. The summed E-state index contributed by atoms with van der Waals surface area (Å²) in [5, 5.41) is 20.1. The number of amidine groups is 1. The maximum absolute atomic E-state index is 13.3. The number of carboxylic acids is 1. The van der Waals surface area contributed by atoms with Gasteiger partial charge in [-0.15, -0.1) is 0 Å². The van der Waals surface area contributed by atoms with Crippen LogP contribution in [-0.4, -0.2) is 32.2 Å². The van der Waals surface area contributed by atoms with E-state index in [-0.39, 0.29) is 23.8 Å². The van der Waals surface area contributed by atoms with E-state index in [2.05, 4.69) is 50.2 Å². The van der Waals surface area contributed by atoms with E-state index in [1.807, 2.05) is 42.5 Å². The molecule has 2 N–H and O–H groups in total. The lowest BCUT2D eigenvalue weighted by Gasteiger charge is -2.16. The van der Waals surface area contributed by atoms with Gasteiger partial charge < -0.3 is 10.2 Å². The van der Waals surface area contributed by atoms with E-state index in [9.17, 15) is 14.7 Å². The molecule has 1 heterocycles. The van der Waals surface area contributed by atoms with Gasteiger partial charge in [-0.3, -0.25) is 9.69 Å². The third kappa shape index (κ3) is 5.58. The molecule has 0 atom stereocenters. The molecule has 9 heteroatoms. The molecule has 166 valence electrons. The van der Waals surface area contributed by atoms with E-state index in [1.54, 1.807) is 23.1 Å². The molecule has 0 aromatic heterocycles. The first-order valence-corrected chi connectivity index (χ1v) is 12.6. The predicted octanol–water partition coefficient (Wildman–Crippen LogP) is 6.10. The molecule has 1 fully saturated rings. The number of rotatable bonds is 5. The summed E-state index contributed by atoms with van der Waals surface area (Å²) in [4.78, 5) is 31.2. The van der Waals surface area contributed by atoms with Crippen LogP contribution < -0.4 is 0 Å². The van der Waals surface area contributed by atoms with Crippen LogP contribution in [-0.2, 0) is 11.3 Å². The Labute approximate surface area is 221 Å². The molecule has 1 aliphatic rings. The summed E-state index contributed by atoms with van der Waals surface area (Å²) < 4.78 is 1.65. The van der Waals surface area contributed by atoms with E-state index in [4.69, 9.17) is 5.11 Å². The number of hydrogen-bond acceptors (Lipinski definition) is 5. The summed E-state index contributed by atoms with van der Waals surface area (Å²) in [5.41, 5.74) is 2.24. The second-order valence-corrected chi connectivity index (χ2v) is 10.5. The van der Waals surface area contributed by atoms with Crippen molar-refractivity contribution in [3.05, 3.63) is 95.5 Å². The van der Waals surface area contributed by atoms with E-state index >= 15 is 0 Å². The lowest BCUT2D eigenvalue weighted by Crippen LogP contribution is -2.28. The Morgan fingerprint density at radius 1 is 1.06 bits per heavy atom. The summed E-state index contributed by atoms with van der Waals surface area (Å²) in [6.45, 7) is 0.241. The van der Waals surface area contributed by atoms with Crippen molar-refractivity contribution in [2.24, 2.45) is 4.99 Å². The van der Waals surface area contributed by atoms with Crippen LogP contribution in [0.4, 0.5) is 5.69 Å². The Bertz CT molecular complexity index is 1290. The summed E-state index contributed by atoms with van der Waals surface area (Å²) in [5.74, 6) is -1.11. The number of nitrogens with zero attached hydrogens (tertiary/aromatic N) is 2. The first kappa shape index (κ1) is 23.8. The molecule has 0 bridgehead atoms. The Morgan fingerprint density at radius 2 is 1.76 bits per heavy atom. The van der Waals surface area contributed by atoms with Gasteiger partial charge in [0.2, 0.25) is 0 Å². The fraction of sp³-hybridized carbons (Fsp3) is 0.0417. The number of aromatic carboxylic acids is 1. The first-order valence-electron chi connectivity index (χ1n) is 9.67. The van der Waals surface area contributed by atoms with Gasteiger partial charge in [0, 0.05) is 9.13 Å². The van der Waals surface area contributed by atoms with Crippen molar-refractivity contribution in [2.45, 2.75) is 6.54 Å². The fourth-order valence-corrected chi connectivity index (χ4v) is 5.99. The van der Waals surface area contributed by atoms with Crippen LogP contribution in [0.1, 0.15) is 21.5 Å². The third-order valence-electron chi connectivity index (χ3n) is 4.75. The minimum atomic E-state index is -1.00. The summed E-state index contributed by atoms with van der Waals surface area (Å²) in [6.07, 6.45) is 1.68. The van der Waals surface area contributed by atoms with E-state index in [1.165, 1.54) is 23.9 Å². The maximum atomic E-state index is 13.3. The second kappa shape index (κ2) is 10.3. The molecule has 33 heavy (non-hydrogen) atoms. The zero-order chi connectivity index (χ0) is 23.5. The molecule has 1 aliphatic heterocycles. The van der Waals surface area contributed by atoms with Gasteiger partial charge in [0.15, 0.2) is 5.17 Å². The third-order valence-corrected chi connectivity index (χ3v) is 7.21. The second-order valence-electron chi connectivity index (χ2n) is 7.06. The molecule has 3 aromatic carbocycles. The molecule has 0 spiro atoms. The van der Waals surface area contributed by atoms with Crippen molar-refractivity contribution in [3.63, 3.8) is 0 Å². The van der Waals surface area contributed by atoms with Crippen molar-refractivity contribution >= 4 is 85.8 Å². The Kier molecular flexibility index (Phi) is 7.39. The van der Waals surface area contributed by atoms with Crippen molar-refractivity contribution in [1.82, 2.24) is 4.90 Å². The standard InChI is InChI=1S/C24H16I2N2O4S/c25-17-10-16(21(29)19(26)12-17)11-20-22(30)28(13-14-6-8-15(9-7-14)23(31)32)24(33-20)27-18-4-2-1-3-5-18/h1-12,29H,13H2,(H,31,32)/b20-11-,27-24?. The van der Waals surface area contributed by atoms with Crippen LogP contribution in [0, 0.1) is 7.14 Å². The Balaban J connectivity index is 1.71. The highest BCUT2D eigenvalue weighted by Gasteiger charge is 2.34. The van der Waals surface area contributed by atoms with Crippen molar-refractivity contribution < 1.29 is 19.8 Å². The smallest absolute Gasteiger partial charge is 0.335 e. The minimum Gasteiger partial charge on any atom is -0.506 e. The normalized spacial score (nSPS) is 16.1. The highest BCUT2D eigenvalue weighted by atomic mass is 127. The molecule has 0 saturated carbocycles. The number of phenols is 1. The van der Waals surface area contributed by atoms with Crippen molar-refractivity contribution in [3.8, 4) is 5.75 Å². The van der Waals surface area contributed by atoms with Crippen molar-refractivity contribution in [2.75, 3.05) is 0 Å². The molecule has 0 unspecified atom stereocenters. The van der Waals surface area contributed by atoms with Gasteiger partial charge in [-0.2, -0.15) is 0 Å². The number of hydrogen-bond donors (Lipinski definition) is 2. The van der Waals surface area contributed by atoms with Gasteiger partial charge >= 0.3 is 5.97 Å². The number of amides is 1. The molecular weight excluding hydrogens is 666 g/mol. The molecule has 0 radical (unpaired) electrons. The van der Waals surface area contributed by atoms with Crippen LogP contribution in [0.15, 0.2) is 76.6 Å². The Hall–Kier alpha value is -2.38. The molecule has 6 nitrogen and oxygen atoms in total. The number of carbonyl (C=O) groups excluding carboxylic acids is 1. The van der Waals surface area contributed by atoms with Crippen LogP contribution >= 0.6 is 56.9 Å². The summed E-state index contributed by atoms with van der Waals surface area (Å²) in [7, 11) is 0. The number of thioether (sulfide) groups is 1. The SMILES string of the molecule is O=C(O)c1ccc(CN2C(=O)/C(=C/c3cc(I)cc(I)c3O)SC2=Nc2ccccc2)cc1. The maximum Gasteiger partial charge on any atom is 0.335 e. The predicted molar refractivity (Wildman–Crippen MR) is 147 cm³/mol. The van der Waals surface area contributed by atoms with Crippen LogP contribution in [0.3, 0.4) is 0 Å². The van der Waals surface area contributed by atoms with Crippen LogP contribution in [0.5, 0.6) is 5.75 Å². The van der Waals surface area contributed by atoms with Gasteiger partial charge in [-0.1, -0.05) is 30.3 Å². The fourth-order valence-electron chi connectivity index (χ4n) is 3.12. The largest absolute Gasteiger partial charge is 0.506 e. The zero-order valence-electron chi connectivity index (χ0n) is 16.9. The quantitative estimate of drug-likeness (QED) is 0.251. The average Bonchev–Trinajstić information content (AvgIpc) is 3.07. The van der Waals surface area contributed by atoms with Crippen LogP contribution in [0.25, 0.3) is 6.08 Å². The van der Waals surface area contributed by atoms with Gasteiger partial charge in [-0.25, -0.2) is 9.79 Å². The van der Waals surface area contributed by atoms with E-state index in [0.29, 0.717) is 24.9 Å². The first-order chi connectivity index (χ1) is 15.8. The number of aliphatic imine (C=N–C) groups is 1. The van der Waals surface area contributed by atoms with Crippen molar-refractivity contribution in [1.29, 1.82) is 0 Å². The average molecular weight is 682 g/mol. The topological polar surface area (TPSA) is 90.2 Å². The number of halogens is 2. The lowest BCUT2D eigenvalue weighted by atomic mass is 10.1. The van der Waals surface area contributed by atoms with Gasteiger partial charge in [0.25, 0.3) is 5.91 Å². The number of phenolic OH excluding ortho intramolecular Hbond substituents is 1. The van der Waals surface area contributed by atoms with E-state index in [0.717, 1.165) is 9.13 Å². The molecule has 0 aliphatic carbocycles. The van der Waals surface area contributed by atoms with Gasteiger partial charge in [0.1, 0.15) is 5.75 Å². The minimum absolute atomic E-state index is 0.126. The van der Waals surface area contributed by atoms with E-state index < -0.39 is 5.97 Å². The molecule has 3 aromatic rings. The molecule has 4 rings (SSSR count). The molecule has 1 amide bonds. The zero-order valence-corrected chi connectivity index (χ0v) is 22.0.